The number of aliphatic carboxylic acids is 1. The van der Waals surface area contributed by atoms with Gasteiger partial charge in [0.15, 0.2) is 6.04 Å². The maximum atomic E-state index is 11.4. The molecule has 1 rings (SSSR count). The van der Waals surface area contributed by atoms with E-state index in [2.05, 4.69) is 24.5 Å². The monoisotopic (exact) mass is 244 g/mol. The van der Waals surface area contributed by atoms with Crippen molar-refractivity contribution in [1.29, 1.82) is 0 Å². The van der Waals surface area contributed by atoms with Crippen LogP contribution in [0.2, 0.25) is 0 Å². The smallest absolute Gasteiger partial charge is 0.328 e. The second kappa shape index (κ2) is 5.35. The van der Waals surface area contributed by atoms with Crippen LogP contribution in [0.4, 0.5) is 4.79 Å². The number of urea groups is 1. The molecule has 1 aliphatic rings. The largest absolute Gasteiger partial charge is 0.480 e. The minimum absolute atomic E-state index is 0.176. The van der Waals surface area contributed by atoms with Gasteiger partial charge in [-0.15, -0.1) is 0 Å². The minimum Gasteiger partial charge on any atom is -0.480 e. The van der Waals surface area contributed by atoms with E-state index >= 15 is 0 Å². The van der Waals surface area contributed by atoms with Crippen LogP contribution in [0.25, 0.3) is 0 Å². The Kier molecular flexibility index (Phi) is 4.34. The first kappa shape index (κ1) is 13.8. The summed E-state index contributed by atoms with van der Waals surface area (Å²) in [6.07, 6.45) is 2.18. The van der Waals surface area contributed by atoms with E-state index < -0.39 is 24.6 Å². The molecule has 4 N–H and O–H groups in total. The second-order valence-electron chi connectivity index (χ2n) is 4.92. The second-order valence-corrected chi connectivity index (χ2v) is 4.92. The van der Waals surface area contributed by atoms with Crippen LogP contribution in [0.3, 0.4) is 0 Å². The van der Waals surface area contributed by atoms with Gasteiger partial charge in [-0.2, -0.15) is 0 Å². The minimum atomic E-state index is -1.25. The van der Waals surface area contributed by atoms with Gasteiger partial charge in [0.1, 0.15) is 0 Å². The number of nitrogens with one attached hydrogen (secondary N) is 2. The van der Waals surface area contributed by atoms with Crippen molar-refractivity contribution >= 4 is 12.0 Å². The zero-order valence-electron chi connectivity index (χ0n) is 10.2. The van der Waals surface area contributed by atoms with Gasteiger partial charge in [0.25, 0.3) is 0 Å². The lowest BCUT2D eigenvalue weighted by atomic mass is 9.92. The third-order valence-corrected chi connectivity index (χ3v) is 3.50. The summed E-state index contributed by atoms with van der Waals surface area (Å²) in [6.45, 7) is 4.16. The Bertz CT molecular complexity index is 300. The van der Waals surface area contributed by atoms with Crippen LogP contribution in [-0.2, 0) is 4.79 Å². The lowest BCUT2D eigenvalue weighted by molar-refractivity contribution is -0.140. The van der Waals surface area contributed by atoms with Crippen molar-refractivity contribution in [3.05, 3.63) is 0 Å². The zero-order chi connectivity index (χ0) is 13.1. The lowest BCUT2D eigenvalue weighted by Crippen LogP contribution is -2.49. The molecule has 1 saturated carbocycles. The summed E-state index contributed by atoms with van der Waals surface area (Å²) in [7, 11) is 0. The van der Waals surface area contributed by atoms with Crippen LogP contribution >= 0.6 is 0 Å². The van der Waals surface area contributed by atoms with Crippen molar-refractivity contribution in [3.8, 4) is 0 Å². The van der Waals surface area contributed by atoms with E-state index in [1.54, 1.807) is 0 Å². The first-order valence-corrected chi connectivity index (χ1v) is 5.79. The molecular formula is C11H20N2O4. The SMILES string of the molecule is CC(C)C1(CNC(=O)NC(CO)C(=O)O)CC1. The Labute approximate surface area is 100 Å². The Morgan fingerprint density at radius 2 is 1.94 bits per heavy atom. The molecule has 0 bridgehead atoms. The molecule has 0 spiro atoms. The Morgan fingerprint density at radius 1 is 1.35 bits per heavy atom. The number of carbonyl (C=O) groups is 2. The van der Waals surface area contributed by atoms with Crippen molar-refractivity contribution in [2.75, 3.05) is 13.2 Å². The number of aliphatic hydroxyl groups is 1. The highest BCUT2D eigenvalue weighted by atomic mass is 16.4. The highest BCUT2D eigenvalue weighted by molar-refractivity contribution is 5.82. The van der Waals surface area contributed by atoms with E-state index in [0.717, 1.165) is 12.8 Å². The fraction of sp³-hybridized carbons (Fsp3) is 0.818. The number of rotatable bonds is 6. The molecule has 98 valence electrons. The van der Waals surface area contributed by atoms with Gasteiger partial charge in [0.2, 0.25) is 0 Å². The molecule has 6 heteroatoms. The Morgan fingerprint density at radius 3 is 2.29 bits per heavy atom. The molecule has 6 nitrogen and oxygen atoms in total. The van der Waals surface area contributed by atoms with Crippen molar-refractivity contribution < 1.29 is 19.8 Å². The molecule has 0 aromatic rings. The number of carbonyl (C=O) groups excluding carboxylic acids is 1. The first-order valence-electron chi connectivity index (χ1n) is 5.79. The quantitative estimate of drug-likeness (QED) is 0.535. The van der Waals surface area contributed by atoms with Gasteiger partial charge in [0.05, 0.1) is 6.61 Å². The van der Waals surface area contributed by atoms with E-state index in [9.17, 15) is 9.59 Å². The summed E-state index contributed by atoms with van der Waals surface area (Å²) >= 11 is 0. The molecule has 1 unspecified atom stereocenters. The summed E-state index contributed by atoms with van der Waals surface area (Å²) < 4.78 is 0. The molecule has 2 amide bonds. The predicted octanol–water partition coefficient (Wildman–Crippen LogP) is 0.167. The molecule has 0 aromatic heterocycles. The standard InChI is InChI=1S/C11H20N2O4/c1-7(2)11(3-4-11)6-12-10(17)13-8(5-14)9(15)16/h7-8,14H,3-6H2,1-2H3,(H,15,16)(H2,12,13,17). The molecule has 17 heavy (non-hydrogen) atoms. The summed E-state index contributed by atoms with van der Waals surface area (Å²) in [5.41, 5.74) is 0.176. The average Bonchev–Trinajstić information content (AvgIpc) is 3.03. The van der Waals surface area contributed by atoms with Gasteiger partial charge in [0, 0.05) is 6.54 Å². The number of amides is 2. The number of aliphatic hydroxyl groups excluding tert-OH is 1. The number of carboxylic acid groups (broad SMARTS) is 1. The van der Waals surface area contributed by atoms with E-state index in [1.165, 1.54) is 0 Å². The lowest BCUT2D eigenvalue weighted by Gasteiger charge is -2.21. The van der Waals surface area contributed by atoms with Gasteiger partial charge < -0.3 is 20.8 Å². The fourth-order valence-electron chi connectivity index (χ4n) is 1.77. The molecule has 0 radical (unpaired) electrons. The van der Waals surface area contributed by atoms with E-state index in [4.69, 9.17) is 10.2 Å². The normalized spacial score (nSPS) is 18.6. The Balaban J connectivity index is 2.33. The van der Waals surface area contributed by atoms with Gasteiger partial charge in [-0.3, -0.25) is 0 Å². The number of hydrogen-bond donors (Lipinski definition) is 4. The maximum Gasteiger partial charge on any atom is 0.328 e. The third kappa shape index (κ3) is 3.59. The van der Waals surface area contributed by atoms with Gasteiger partial charge >= 0.3 is 12.0 Å². The van der Waals surface area contributed by atoms with Crippen molar-refractivity contribution in [2.24, 2.45) is 11.3 Å². The first-order chi connectivity index (χ1) is 7.91. The van der Waals surface area contributed by atoms with E-state index in [1.807, 2.05) is 0 Å². The van der Waals surface area contributed by atoms with Crippen molar-refractivity contribution in [2.45, 2.75) is 32.7 Å². The summed E-state index contributed by atoms with van der Waals surface area (Å²) in [5, 5.41) is 22.3. The molecule has 1 fully saturated rings. The summed E-state index contributed by atoms with van der Waals surface area (Å²) in [5.74, 6) is -0.747. The highest BCUT2D eigenvalue weighted by Crippen LogP contribution is 2.51. The van der Waals surface area contributed by atoms with E-state index in [0.29, 0.717) is 12.5 Å². The van der Waals surface area contributed by atoms with Crippen LogP contribution in [0.1, 0.15) is 26.7 Å². The highest BCUT2D eigenvalue weighted by Gasteiger charge is 2.45. The van der Waals surface area contributed by atoms with Crippen LogP contribution < -0.4 is 10.6 Å². The maximum absolute atomic E-state index is 11.4. The molecule has 0 aromatic carbocycles. The molecule has 0 saturated heterocycles. The zero-order valence-corrected chi connectivity index (χ0v) is 10.2. The van der Waals surface area contributed by atoms with E-state index in [-0.39, 0.29) is 5.41 Å². The topological polar surface area (TPSA) is 98.7 Å². The Hall–Kier alpha value is -1.30. The van der Waals surface area contributed by atoms with Crippen LogP contribution in [0, 0.1) is 11.3 Å². The molecule has 1 aliphatic carbocycles. The van der Waals surface area contributed by atoms with Crippen molar-refractivity contribution in [3.63, 3.8) is 0 Å². The van der Waals surface area contributed by atoms with Gasteiger partial charge in [-0.05, 0) is 24.2 Å². The molecule has 0 aliphatic heterocycles. The molecule has 1 atom stereocenters. The fourth-order valence-corrected chi connectivity index (χ4v) is 1.77. The van der Waals surface area contributed by atoms with Crippen LogP contribution in [-0.4, -0.2) is 41.4 Å². The van der Waals surface area contributed by atoms with Crippen LogP contribution in [0.15, 0.2) is 0 Å². The van der Waals surface area contributed by atoms with Crippen LogP contribution in [0.5, 0.6) is 0 Å². The number of hydrogen-bond acceptors (Lipinski definition) is 3. The molecule has 0 heterocycles. The summed E-state index contributed by atoms with van der Waals surface area (Å²) in [6, 6.07) is -1.79. The third-order valence-electron chi connectivity index (χ3n) is 3.50. The van der Waals surface area contributed by atoms with Crippen molar-refractivity contribution in [1.82, 2.24) is 10.6 Å². The summed E-state index contributed by atoms with van der Waals surface area (Å²) in [4.78, 5) is 22.0. The molecular weight excluding hydrogens is 224 g/mol. The number of carboxylic acids is 1. The van der Waals surface area contributed by atoms with Gasteiger partial charge in [-0.1, -0.05) is 13.8 Å². The average molecular weight is 244 g/mol. The predicted molar refractivity (Wildman–Crippen MR) is 61.5 cm³/mol. The van der Waals surface area contributed by atoms with Gasteiger partial charge in [-0.25, -0.2) is 9.59 Å².